The molecule has 0 radical (unpaired) electrons. The standard InChI is InChI=1S/C15H22N4O2/c1-3-4-7-15(17-18-15)8-5-13(20)16-11-12-6-9-19(2)14(21)10-12/h1,12H,4-11H2,2H3,(H,16,20). The molecule has 0 aliphatic carbocycles. The third-order valence-corrected chi connectivity index (χ3v) is 4.15. The Morgan fingerprint density at radius 1 is 1.52 bits per heavy atom. The molecule has 21 heavy (non-hydrogen) atoms. The normalized spacial score (nSPS) is 22.8. The molecule has 1 unspecified atom stereocenters. The summed E-state index contributed by atoms with van der Waals surface area (Å²) in [5.74, 6) is 2.98. The Bertz CT molecular complexity index is 475. The summed E-state index contributed by atoms with van der Waals surface area (Å²) in [7, 11) is 1.81. The number of piperidine rings is 1. The quantitative estimate of drug-likeness (QED) is 0.718. The van der Waals surface area contributed by atoms with E-state index < -0.39 is 5.66 Å². The smallest absolute Gasteiger partial charge is 0.222 e. The number of hydrogen-bond donors (Lipinski definition) is 1. The van der Waals surface area contributed by atoms with Crippen LogP contribution in [0.1, 0.15) is 38.5 Å². The lowest BCUT2D eigenvalue weighted by atomic mass is 9.96. The molecule has 0 aromatic heterocycles. The van der Waals surface area contributed by atoms with Crippen molar-refractivity contribution in [2.45, 2.75) is 44.2 Å². The van der Waals surface area contributed by atoms with E-state index in [-0.39, 0.29) is 17.7 Å². The number of carbonyl (C=O) groups is 2. The average Bonchev–Trinajstić information content (AvgIpc) is 3.25. The highest BCUT2D eigenvalue weighted by Gasteiger charge is 2.39. The van der Waals surface area contributed by atoms with Gasteiger partial charge in [-0.05, 0) is 12.3 Å². The Morgan fingerprint density at radius 2 is 2.29 bits per heavy atom. The predicted molar refractivity (Wildman–Crippen MR) is 78.3 cm³/mol. The number of likely N-dealkylation sites (tertiary alicyclic amines) is 1. The molecule has 114 valence electrons. The van der Waals surface area contributed by atoms with E-state index in [4.69, 9.17) is 6.42 Å². The molecule has 6 heteroatoms. The first kappa shape index (κ1) is 15.5. The summed E-state index contributed by atoms with van der Waals surface area (Å²) in [5.41, 5.74) is -0.396. The van der Waals surface area contributed by atoms with Gasteiger partial charge in [0.15, 0.2) is 5.66 Å². The fraction of sp³-hybridized carbons (Fsp3) is 0.733. The molecule has 1 atom stereocenters. The Labute approximate surface area is 125 Å². The maximum Gasteiger partial charge on any atom is 0.222 e. The third-order valence-electron chi connectivity index (χ3n) is 4.15. The number of carbonyl (C=O) groups excluding carboxylic acids is 2. The van der Waals surface area contributed by atoms with Gasteiger partial charge in [0, 0.05) is 52.2 Å². The van der Waals surface area contributed by atoms with Crippen molar-refractivity contribution >= 4 is 11.8 Å². The van der Waals surface area contributed by atoms with Crippen molar-refractivity contribution in [1.29, 1.82) is 0 Å². The Hall–Kier alpha value is -1.90. The SMILES string of the molecule is C#CCCC1(CCC(=O)NCC2CCN(C)C(=O)C2)N=N1. The van der Waals surface area contributed by atoms with Crippen molar-refractivity contribution in [2.24, 2.45) is 16.1 Å². The fourth-order valence-corrected chi connectivity index (χ4v) is 2.51. The highest BCUT2D eigenvalue weighted by Crippen LogP contribution is 2.37. The zero-order chi connectivity index (χ0) is 15.3. The molecular weight excluding hydrogens is 268 g/mol. The molecule has 0 spiro atoms. The summed E-state index contributed by atoms with van der Waals surface area (Å²) in [6.45, 7) is 1.34. The van der Waals surface area contributed by atoms with Crippen LogP contribution in [0.2, 0.25) is 0 Å². The van der Waals surface area contributed by atoms with Crippen molar-refractivity contribution in [2.75, 3.05) is 20.1 Å². The van der Waals surface area contributed by atoms with E-state index in [2.05, 4.69) is 21.5 Å². The van der Waals surface area contributed by atoms with Crippen molar-refractivity contribution in [1.82, 2.24) is 10.2 Å². The predicted octanol–water partition coefficient (Wildman–Crippen LogP) is 1.33. The minimum absolute atomic E-state index is 0.00115. The molecule has 1 saturated heterocycles. The summed E-state index contributed by atoms with van der Waals surface area (Å²) in [6, 6.07) is 0. The second-order valence-corrected chi connectivity index (χ2v) is 5.86. The Balaban J connectivity index is 1.62. The first-order chi connectivity index (χ1) is 10.0. The minimum Gasteiger partial charge on any atom is -0.356 e. The maximum atomic E-state index is 11.8. The zero-order valence-corrected chi connectivity index (χ0v) is 12.5. The van der Waals surface area contributed by atoms with Gasteiger partial charge in [0.25, 0.3) is 0 Å². The molecule has 0 bridgehead atoms. The van der Waals surface area contributed by atoms with Gasteiger partial charge in [-0.2, -0.15) is 10.2 Å². The Kier molecular flexibility index (Phi) is 4.94. The van der Waals surface area contributed by atoms with E-state index in [1.54, 1.807) is 4.90 Å². The average molecular weight is 290 g/mol. The summed E-state index contributed by atoms with van der Waals surface area (Å²) < 4.78 is 0. The number of hydrogen-bond acceptors (Lipinski definition) is 4. The third kappa shape index (κ3) is 4.55. The second kappa shape index (κ2) is 6.70. The lowest BCUT2D eigenvalue weighted by Crippen LogP contribution is -2.40. The topological polar surface area (TPSA) is 74.1 Å². The number of nitrogens with one attached hydrogen (secondary N) is 1. The van der Waals surface area contributed by atoms with Gasteiger partial charge in [-0.3, -0.25) is 9.59 Å². The van der Waals surface area contributed by atoms with Crippen molar-refractivity contribution < 1.29 is 9.59 Å². The molecule has 1 N–H and O–H groups in total. The van der Waals surface area contributed by atoms with Crippen LogP contribution in [0.5, 0.6) is 0 Å². The van der Waals surface area contributed by atoms with Crippen molar-refractivity contribution in [3.63, 3.8) is 0 Å². The Morgan fingerprint density at radius 3 is 2.90 bits per heavy atom. The van der Waals surface area contributed by atoms with Crippen LogP contribution in [0.3, 0.4) is 0 Å². The molecule has 6 nitrogen and oxygen atoms in total. The van der Waals surface area contributed by atoms with Crippen LogP contribution in [0.4, 0.5) is 0 Å². The van der Waals surface area contributed by atoms with Crippen LogP contribution in [-0.4, -0.2) is 42.5 Å². The van der Waals surface area contributed by atoms with Gasteiger partial charge < -0.3 is 10.2 Å². The molecule has 2 heterocycles. The number of amides is 2. The van der Waals surface area contributed by atoms with Gasteiger partial charge in [-0.1, -0.05) is 0 Å². The molecule has 1 fully saturated rings. The number of nitrogens with zero attached hydrogens (tertiary/aromatic N) is 3. The number of rotatable bonds is 7. The zero-order valence-electron chi connectivity index (χ0n) is 12.5. The van der Waals surface area contributed by atoms with Crippen LogP contribution in [-0.2, 0) is 9.59 Å². The van der Waals surface area contributed by atoms with Crippen LogP contribution in [0, 0.1) is 18.3 Å². The monoisotopic (exact) mass is 290 g/mol. The van der Waals surface area contributed by atoms with E-state index >= 15 is 0 Å². The lowest BCUT2D eigenvalue weighted by molar-refractivity contribution is -0.134. The van der Waals surface area contributed by atoms with Crippen molar-refractivity contribution in [3.05, 3.63) is 0 Å². The van der Waals surface area contributed by atoms with E-state index in [1.807, 2.05) is 7.05 Å². The summed E-state index contributed by atoms with van der Waals surface area (Å²) in [4.78, 5) is 25.2. The number of terminal acetylenes is 1. The van der Waals surface area contributed by atoms with Crippen LogP contribution in [0.15, 0.2) is 10.2 Å². The van der Waals surface area contributed by atoms with Crippen LogP contribution >= 0.6 is 0 Å². The van der Waals surface area contributed by atoms with Gasteiger partial charge in [0.1, 0.15) is 0 Å². The van der Waals surface area contributed by atoms with E-state index in [0.717, 1.165) is 19.4 Å². The van der Waals surface area contributed by atoms with Crippen LogP contribution in [0.25, 0.3) is 0 Å². The molecule has 0 aromatic carbocycles. The summed E-state index contributed by atoms with van der Waals surface area (Å²) >= 11 is 0. The van der Waals surface area contributed by atoms with Gasteiger partial charge in [-0.25, -0.2) is 0 Å². The molecule has 0 saturated carbocycles. The summed E-state index contributed by atoms with van der Waals surface area (Å²) in [6.07, 6.45) is 9.06. The van der Waals surface area contributed by atoms with E-state index in [0.29, 0.717) is 32.2 Å². The minimum atomic E-state index is -0.396. The molecule has 2 rings (SSSR count). The van der Waals surface area contributed by atoms with E-state index in [1.165, 1.54) is 0 Å². The summed E-state index contributed by atoms with van der Waals surface area (Å²) in [5, 5.41) is 10.9. The van der Waals surface area contributed by atoms with Gasteiger partial charge in [-0.15, -0.1) is 12.3 Å². The second-order valence-electron chi connectivity index (χ2n) is 5.86. The molecule has 2 aliphatic rings. The fourth-order valence-electron chi connectivity index (χ4n) is 2.51. The maximum absolute atomic E-state index is 11.8. The van der Waals surface area contributed by atoms with Gasteiger partial charge in [0.2, 0.25) is 11.8 Å². The molecular formula is C15H22N4O2. The highest BCUT2D eigenvalue weighted by molar-refractivity contribution is 5.78. The highest BCUT2D eigenvalue weighted by atomic mass is 16.2. The van der Waals surface area contributed by atoms with Crippen LogP contribution < -0.4 is 5.32 Å². The van der Waals surface area contributed by atoms with Gasteiger partial charge >= 0.3 is 0 Å². The van der Waals surface area contributed by atoms with Gasteiger partial charge in [0.05, 0.1) is 0 Å². The van der Waals surface area contributed by atoms with Crippen molar-refractivity contribution in [3.8, 4) is 12.3 Å². The largest absolute Gasteiger partial charge is 0.356 e. The molecule has 0 aromatic rings. The lowest BCUT2D eigenvalue weighted by Gasteiger charge is -2.28. The first-order valence-electron chi connectivity index (χ1n) is 7.43. The first-order valence-corrected chi connectivity index (χ1v) is 7.43. The molecule has 2 amide bonds. The van der Waals surface area contributed by atoms with E-state index in [9.17, 15) is 9.59 Å². The molecule has 2 aliphatic heterocycles.